The molecule has 7 heteroatoms. The molecule has 7 nitrogen and oxygen atoms in total. The SMILES string of the molecule is COc1ccc2c(c1OC)C[N+](C)([O-])CCc1cc3c(cc1C(=O)C2)OCO3. The van der Waals surface area contributed by atoms with Gasteiger partial charge in [-0.1, -0.05) is 6.07 Å². The van der Waals surface area contributed by atoms with E-state index in [1.54, 1.807) is 33.4 Å². The summed E-state index contributed by atoms with van der Waals surface area (Å²) in [6, 6.07) is 7.17. The topological polar surface area (TPSA) is 77.0 Å². The van der Waals surface area contributed by atoms with Gasteiger partial charge in [0.15, 0.2) is 28.8 Å². The second-order valence-corrected chi connectivity index (χ2v) is 7.33. The predicted molar refractivity (Wildman–Crippen MR) is 102 cm³/mol. The molecule has 2 aliphatic rings. The molecule has 0 fully saturated rings. The third-order valence-corrected chi connectivity index (χ3v) is 5.34. The summed E-state index contributed by atoms with van der Waals surface area (Å²) in [6.45, 7) is 0.657. The Balaban J connectivity index is 1.84. The third-order valence-electron chi connectivity index (χ3n) is 5.34. The first-order chi connectivity index (χ1) is 13.4. The Bertz CT molecular complexity index is 937. The van der Waals surface area contributed by atoms with Crippen molar-refractivity contribution in [2.24, 2.45) is 0 Å². The molecule has 0 saturated heterocycles. The molecule has 0 spiro atoms. The molecule has 148 valence electrons. The smallest absolute Gasteiger partial charge is 0.231 e. The van der Waals surface area contributed by atoms with Crippen molar-refractivity contribution < 1.29 is 28.4 Å². The Morgan fingerprint density at radius 1 is 1.07 bits per heavy atom. The third kappa shape index (κ3) is 3.27. The van der Waals surface area contributed by atoms with Crippen LogP contribution in [0.4, 0.5) is 0 Å². The Hall–Kier alpha value is -2.77. The highest BCUT2D eigenvalue weighted by Gasteiger charge is 2.28. The second kappa shape index (κ2) is 7.00. The van der Waals surface area contributed by atoms with Crippen molar-refractivity contribution in [2.75, 3.05) is 34.6 Å². The number of benzene rings is 2. The van der Waals surface area contributed by atoms with Crippen LogP contribution in [0.2, 0.25) is 0 Å². The maximum Gasteiger partial charge on any atom is 0.231 e. The predicted octanol–water partition coefficient (Wildman–Crippen LogP) is 2.86. The van der Waals surface area contributed by atoms with Gasteiger partial charge >= 0.3 is 0 Å². The number of quaternary nitrogens is 1. The average Bonchev–Trinajstić information content (AvgIpc) is 3.13. The first kappa shape index (κ1) is 18.6. The number of hydrogen-bond acceptors (Lipinski definition) is 6. The lowest BCUT2D eigenvalue weighted by atomic mass is 9.92. The zero-order valence-electron chi connectivity index (χ0n) is 16.2. The maximum atomic E-state index is 13.2. The van der Waals surface area contributed by atoms with E-state index in [9.17, 15) is 10.0 Å². The van der Waals surface area contributed by atoms with Gasteiger partial charge in [0.1, 0.15) is 6.54 Å². The number of fused-ring (bicyclic) bond motifs is 3. The number of hydrogen-bond donors (Lipinski definition) is 0. The highest BCUT2D eigenvalue weighted by molar-refractivity contribution is 6.00. The number of rotatable bonds is 2. The van der Waals surface area contributed by atoms with Crippen molar-refractivity contribution in [3.05, 3.63) is 51.7 Å². The summed E-state index contributed by atoms with van der Waals surface area (Å²) in [6.07, 6.45) is 0.641. The van der Waals surface area contributed by atoms with E-state index < -0.39 is 4.65 Å². The normalized spacial score (nSPS) is 20.9. The molecule has 0 saturated carbocycles. The monoisotopic (exact) mass is 385 g/mol. The molecule has 2 aromatic rings. The minimum atomic E-state index is -0.487. The van der Waals surface area contributed by atoms with Gasteiger partial charge in [0.25, 0.3) is 0 Å². The van der Waals surface area contributed by atoms with Crippen molar-refractivity contribution >= 4 is 5.78 Å². The molecule has 0 bridgehead atoms. The first-order valence-electron chi connectivity index (χ1n) is 9.16. The van der Waals surface area contributed by atoms with E-state index in [1.165, 1.54) is 0 Å². The standard InChI is InChI=1S/C21H23NO6/c1-22(24)7-6-14-9-19-20(28-12-27-19)10-15(14)17(23)8-13-4-5-18(25-2)21(26-3)16(13)11-22/h4-5,9-10H,6-8,11-12H2,1-3H3. The summed E-state index contributed by atoms with van der Waals surface area (Å²) in [4.78, 5) is 13.1. The van der Waals surface area contributed by atoms with Crippen LogP contribution in [0, 0.1) is 5.21 Å². The maximum absolute atomic E-state index is 13.2. The van der Waals surface area contributed by atoms with E-state index in [0.717, 1.165) is 16.7 Å². The van der Waals surface area contributed by atoms with Crippen molar-refractivity contribution in [3.63, 3.8) is 0 Å². The molecule has 1 atom stereocenters. The van der Waals surface area contributed by atoms with Crippen LogP contribution in [0.25, 0.3) is 0 Å². The quantitative estimate of drug-likeness (QED) is 0.584. The fraction of sp³-hybridized carbons (Fsp3) is 0.381. The van der Waals surface area contributed by atoms with Crippen LogP contribution < -0.4 is 18.9 Å². The summed E-state index contributed by atoms with van der Waals surface area (Å²) >= 11 is 0. The van der Waals surface area contributed by atoms with Crippen LogP contribution in [0.1, 0.15) is 27.0 Å². The molecule has 0 amide bonds. The number of methoxy groups -OCH3 is 2. The number of nitrogens with zero attached hydrogens (tertiary/aromatic N) is 1. The fourth-order valence-electron chi connectivity index (χ4n) is 3.86. The van der Waals surface area contributed by atoms with Crippen LogP contribution in [0.15, 0.2) is 24.3 Å². The molecule has 0 aromatic heterocycles. The average molecular weight is 385 g/mol. The van der Waals surface area contributed by atoms with Gasteiger partial charge in [0.2, 0.25) is 6.79 Å². The molecule has 0 N–H and O–H groups in total. The first-order valence-corrected chi connectivity index (χ1v) is 9.16. The number of carbonyl (C=O) groups is 1. The number of hydroxylamine groups is 3. The zero-order valence-corrected chi connectivity index (χ0v) is 16.2. The Morgan fingerprint density at radius 2 is 1.82 bits per heavy atom. The van der Waals surface area contributed by atoms with Gasteiger partial charge in [0.05, 0.1) is 33.4 Å². The van der Waals surface area contributed by atoms with E-state index in [0.29, 0.717) is 41.5 Å². The number of carbonyl (C=O) groups excluding carboxylic acids is 1. The Labute approximate surface area is 163 Å². The van der Waals surface area contributed by atoms with Gasteiger partial charge in [-0.3, -0.25) is 4.79 Å². The minimum Gasteiger partial charge on any atom is -0.633 e. The van der Waals surface area contributed by atoms with Crippen molar-refractivity contribution in [1.29, 1.82) is 0 Å². The Morgan fingerprint density at radius 3 is 2.54 bits per heavy atom. The largest absolute Gasteiger partial charge is 0.633 e. The van der Waals surface area contributed by atoms with E-state index >= 15 is 0 Å². The van der Waals surface area contributed by atoms with Gasteiger partial charge in [-0.25, -0.2) is 0 Å². The number of likely N-dealkylation sites (N-methyl/N-ethyl adjacent to an activating group) is 1. The van der Waals surface area contributed by atoms with Crippen LogP contribution >= 0.6 is 0 Å². The highest BCUT2D eigenvalue weighted by Crippen LogP contribution is 2.39. The molecule has 2 heterocycles. The fourth-order valence-corrected chi connectivity index (χ4v) is 3.86. The zero-order chi connectivity index (χ0) is 19.9. The molecule has 4 rings (SSSR count). The lowest BCUT2D eigenvalue weighted by Crippen LogP contribution is -2.39. The summed E-state index contributed by atoms with van der Waals surface area (Å²) in [5.41, 5.74) is 2.88. The van der Waals surface area contributed by atoms with Crippen LogP contribution in [-0.4, -0.2) is 45.0 Å². The van der Waals surface area contributed by atoms with Crippen molar-refractivity contribution in [3.8, 4) is 23.0 Å². The lowest BCUT2D eigenvalue weighted by Gasteiger charge is -2.40. The van der Waals surface area contributed by atoms with Crippen LogP contribution in [0.3, 0.4) is 0 Å². The molecule has 2 aliphatic heterocycles. The van der Waals surface area contributed by atoms with E-state index in [-0.39, 0.29) is 25.5 Å². The van der Waals surface area contributed by atoms with Gasteiger partial charge in [-0.15, -0.1) is 0 Å². The summed E-state index contributed by atoms with van der Waals surface area (Å²) < 4.78 is 21.3. The molecule has 0 aliphatic carbocycles. The number of Topliss-reactive ketones (excluding diaryl/α,β-unsaturated/α-hetero) is 1. The molecular formula is C21H23NO6. The van der Waals surface area contributed by atoms with Crippen LogP contribution in [-0.2, 0) is 19.4 Å². The molecule has 2 aromatic carbocycles. The van der Waals surface area contributed by atoms with Crippen molar-refractivity contribution in [1.82, 2.24) is 0 Å². The second-order valence-electron chi connectivity index (χ2n) is 7.33. The molecule has 1 unspecified atom stereocenters. The van der Waals surface area contributed by atoms with Gasteiger partial charge in [-0.05, 0) is 29.3 Å². The van der Waals surface area contributed by atoms with Gasteiger partial charge in [0, 0.05) is 18.4 Å². The van der Waals surface area contributed by atoms with Crippen molar-refractivity contribution in [2.45, 2.75) is 19.4 Å². The summed E-state index contributed by atoms with van der Waals surface area (Å²) in [5, 5.41) is 13.2. The molecule has 0 radical (unpaired) electrons. The number of ketones is 1. The summed E-state index contributed by atoms with van der Waals surface area (Å²) in [7, 11) is 4.74. The lowest BCUT2D eigenvalue weighted by molar-refractivity contribution is -0.874. The van der Waals surface area contributed by atoms with E-state index in [2.05, 4.69) is 0 Å². The minimum absolute atomic E-state index is 0.0243. The Kier molecular flexibility index (Phi) is 4.64. The molecule has 28 heavy (non-hydrogen) atoms. The van der Waals surface area contributed by atoms with Crippen LogP contribution in [0.5, 0.6) is 23.0 Å². The van der Waals surface area contributed by atoms with E-state index in [1.807, 2.05) is 12.1 Å². The highest BCUT2D eigenvalue weighted by atomic mass is 16.7. The van der Waals surface area contributed by atoms with Gasteiger partial charge < -0.3 is 28.8 Å². The van der Waals surface area contributed by atoms with E-state index in [4.69, 9.17) is 18.9 Å². The number of ether oxygens (including phenoxy) is 4. The summed E-state index contributed by atoms with van der Waals surface area (Å²) in [5.74, 6) is 2.23. The van der Waals surface area contributed by atoms with Gasteiger partial charge in [-0.2, -0.15) is 0 Å². The molecular weight excluding hydrogens is 362 g/mol.